The monoisotopic (exact) mass is 286 g/mol. The molecule has 6 heteroatoms. The molecule has 3 heterocycles. The van der Waals surface area contributed by atoms with Crippen molar-refractivity contribution < 1.29 is 4.52 Å². The first-order valence-electron chi connectivity index (χ1n) is 5.98. The van der Waals surface area contributed by atoms with Crippen molar-refractivity contribution in [2.24, 2.45) is 0 Å². The molecule has 0 spiro atoms. The van der Waals surface area contributed by atoms with Crippen LogP contribution in [-0.4, -0.2) is 20.1 Å². The van der Waals surface area contributed by atoms with Gasteiger partial charge in [0, 0.05) is 11.5 Å². The van der Waals surface area contributed by atoms with Gasteiger partial charge in [-0.2, -0.15) is 0 Å². The highest BCUT2D eigenvalue weighted by molar-refractivity contribution is 6.02. The molecule has 1 aromatic carbocycles. The van der Waals surface area contributed by atoms with Crippen LogP contribution < -0.4 is 0 Å². The number of hydrogen-bond acceptors (Lipinski definition) is 4. The quantitative estimate of drug-likeness (QED) is 0.581. The van der Waals surface area contributed by atoms with Crippen LogP contribution in [0.1, 0.15) is 5.69 Å². The van der Waals surface area contributed by atoms with E-state index >= 15 is 0 Å². The van der Waals surface area contributed by atoms with E-state index in [9.17, 15) is 0 Å². The summed E-state index contributed by atoms with van der Waals surface area (Å²) in [5.41, 5.74) is 3.56. The molecule has 0 amide bonds. The van der Waals surface area contributed by atoms with Crippen LogP contribution >= 0.6 is 12.4 Å². The Balaban J connectivity index is 0.00000121. The molecule has 0 fully saturated rings. The number of benzene rings is 1. The number of aromatic amines is 1. The van der Waals surface area contributed by atoms with Gasteiger partial charge < -0.3 is 9.51 Å². The van der Waals surface area contributed by atoms with Crippen molar-refractivity contribution in [2.75, 3.05) is 0 Å². The average molecular weight is 287 g/mol. The second-order valence-corrected chi connectivity index (χ2v) is 4.45. The summed E-state index contributed by atoms with van der Waals surface area (Å²) in [7, 11) is 0. The molecule has 4 rings (SSSR count). The lowest BCUT2D eigenvalue weighted by Gasteiger charge is -1.96. The molecule has 0 aliphatic rings. The molecule has 0 aliphatic heterocycles. The summed E-state index contributed by atoms with van der Waals surface area (Å²) in [5.74, 6) is 1.31. The van der Waals surface area contributed by atoms with E-state index in [1.807, 2.05) is 37.3 Å². The summed E-state index contributed by atoms with van der Waals surface area (Å²) in [6.45, 7) is 1.88. The number of aromatic nitrogens is 4. The standard InChI is InChI=1S/C14H10N4O.ClH/c1-8-6-12(19-18-8)14-16-11-7-15-10-5-3-2-4-9(10)13(11)17-14;/h2-7H,1H3,(H,16,17);1H. The molecule has 0 unspecified atom stereocenters. The van der Waals surface area contributed by atoms with Gasteiger partial charge in [0.2, 0.25) is 5.76 Å². The van der Waals surface area contributed by atoms with Gasteiger partial charge in [-0.3, -0.25) is 4.98 Å². The van der Waals surface area contributed by atoms with E-state index in [0.29, 0.717) is 11.6 Å². The third-order valence-electron chi connectivity index (χ3n) is 3.09. The van der Waals surface area contributed by atoms with Gasteiger partial charge in [0.1, 0.15) is 5.52 Å². The van der Waals surface area contributed by atoms with E-state index in [0.717, 1.165) is 27.6 Å². The van der Waals surface area contributed by atoms with Crippen molar-refractivity contribution in [3.63, 3.8) is 0 Å². The first kappa shape index (κ1) is 12.6. The SMILES string of the molecule is Cc1cc(-c2nc3cnc4ccccc4c3[nH]2)on1.Cl. The summed E-state index contributed by atoms with van der Waals surface area (Å²) in [5, 5.41) is 4.93. The molecular weight excluding hydrogens is 276 g/mol. The summed E-state index contributed by atoms with van der Waals surface area (Å²) in [6.07, 6.45) is 1.76. The number of fused-ring (bicyclic) bond motifs is 3. The van der Waals surface area contributed by atoms with Crippen LogP contribution in [0.2, 0.25) is 0 Å². The lowest BCUT2D eigenvalue weighted by Crippen LogP contribution is -1.79. The summed E-state index contributed by atoms with van der Waals surface area (Å²) < 4.78 is 5.23. The van der Waals surface area contributed by atoms with Crippen molar-refractivity contribution in [3.8, 4) is 11.6 Å². The molecule has 0 radical (unpaired) electrons. The van der Waals surface area contributed by atoms with Crippen molar-refractivity contribution in [2.45, 2.75) is 6.92 Å². The highest BCUT2D eigenvalue weighted by Crippen LogP contribution is 2.25. The van der Waals surface area contributed by atoms with Gasteiger partial charge in [0.15, 0.2) is 5.82 Å². The maximum Gasteiger partial charge on any atom is 0.202 e. The highest BCUT2D eigenvalue weighted by Gasteiger charge is 2.12. The normalized spacial score (nSPS) is 10.8. The Morgan fingerprint density at radius 3 is 2.80 bits per heavy atom. The summed E-state index contributed by atoms with van der Waals surface area (Å²) in [6, 6.07) is 9.82. The zero-order valence-corrected chi connectivity index (χ0v) is 11.4. The fourth-order valence-electron chi connectivity index (χ4n) is 2.21. The Labute approximate surface area is 120 Å². The van der Waals surface area contributed by atoms with E-state index in [2.05, 4.69) is 20.1 Å². The zero-order valence-electron chi connectivity index (χ0n) is 10.6. The predicted molar refractivity (Wildman–Crippen MR) is 78.9 cm³/mol. The topological polar surface area (TPSA) is 67.6 Å². The van der Waals surface area contributed by atoms with Crippen LogP contribution in [0.25, 0.3) is 33.5 Å². The van der Waals surface area contributed by atoms with E-state index < -0.39 is 0 Å². The van der Waals surface area contributed by atoms with Crippen LogP contribution in [0, 0.1) is 6.92 Å². The number of halogens is 1. The van der Waals surface area contributed by atoms with Crippen LogP contribution in [0.15, 0.2) is 41.1 Å². The Bertz CT molecular complexity index is 896. The number of rotatable bonds is 1. The molecule has 1 N–H and O–H groups in total. The molecular formula is C14H11ClN4O. The lowest BCUT2D eigenvalue weighted by molar-refractivity contribution is 0.425. The van der Waals surface area contributed by atoms with E-state index in [1.54, 1.807) is 6.20 Å². The largest absolute Gasteiger partial charge is 0.353 e. The average Bonchev–Trinajstić information content (AvgIpc) is 3.04. The molecule has 0 atom stereocenters. The highest BCUT2D eigenvalue weighted by atomic mass is 35.5. The molecule has 3 aromatic heterocycles. The second-order valence-electron chi connectivity index (χ2n) is 4.45. The summed E-state index contributed by atoms with van der Waals surface area (Å²) >= 11 is 0. The minimum Gasteiger partial charge on any atom is -0.353 e. The third kappa shape index (κ3) is 1.83. The van der Waals surface area contributed by atoms with Crippen molar-refractivity contribution in [3.05, 3.63) is 42.2 Å². The van der Waals surface area contributed by atoms with Crippen molar-refractivity contribution in [1.82, 2.24) is 20.1 Å². The molecule has 100 valence electrons. The van der Waals surface area contributed by atoms with Gasteiger partial charge in [-0.05, 0) is 13.0 Å². The number of H-pyrrole nitrogens is 1. The Morgan fingerprint density at radius 2 is 2.00 bits per heavy atom. The molecule has 0 saturated carbocycles. The van der Waals surface area contributed by atoms with Crippen molar-refractivity contribution in [1.29, 1.82) is 0 Å². The van der Waals surface area contributed by atoms with Gasteiger partial charge >= 0.3 is 0 Å². The smallest absolute Gasteiger partial charge is 0.202 e. The maximum absolute atomic E-state index is 5.23. The number of imidazole rings is 1. The van der Waals surface area contributed by atoms with Gasteiger partial charge in [0.05, 0.1) is 22.9 Å². The van der Waals surface area contributed by atoms with E-state index in [-0.39, 0.29) is 12.4 Å². The van der Waals surface area contributed by atoms with Gasteiger partial charge in [0.25, 0.3) is 0 Å². The molecule has 4 aromatic rings. The van der Waals surface area contributed by atoms with E-state index in [4.69, 9.17) is 4.52 Å². The minimum atomic E-state index is 0. The molecule has 0 saturated heterocycles. The van der Waals surface area contributed by atoms with Gasteiger partial charge in [-0.25, -0.2) is 4.98 Å². The lowest BCUT2D eigenvalue weighted by atomic mass is 10.2. The number of hydrogen-bond donors (Lipinski definition) is 1. The number of nitrogens with zero attached hydrogens (tertiary/aromatic N) is 3. The van der Waals surface area contributed by atoms with Crippen molar-refractivity contribution >= 4 is 34.3 Å². The fraction of sp³-hybridized carbons (Fsp3) is 0.0714. The fourth-order valence-corrected chi connectivity index (χ4v) is 2.21. The number of aryl methyl sites for hydroxylation is 1. The molecule has 0 bridgehead atoms. The van der Waals surface area contributed by atoms with Crippen LogP contribution in [0.5, 0.6) is 0 Å². The Morgan fingerprint density at radius 1 is 1.15 bits per heavy atom. The molecule has 5 nitrogen and oxygen atoms in total. The predicted octanol–water partition coefficient (Wildman–Crippen LogP) is 3.50. The van der Waals surface area contributed by atoms with Crippen LogP contribution in [0.3, 0.4) is 0 Å². The summed E-state index contributed by atoms with van der Waals surface area (Å²) in [4.78, 5) is 12.2. The number of para-hydroxylation sites is 1. The van der Waals surface area contributed by atoms with Crippen LogP contribution in [0.4, 0.5) is 0 Å². The second kappa shape index (κ2) is 4.61. The van der Waals surface area contributed by atoms with E-state index in [1.165, 1.54) is 0 Å². The number of pyridine rings is 1. The molecule has 20 heavy (non-hydrogen) atoms. The maximum atomic E-state index is 5.23. The molecule has 0 aliphatic carbocycles. The Kier molecular flexibility index (Phi) is 2.91. The minimum absolute atomic E-state index is 0. The first-order valence-corrected chi connectivity index (χ1v) is 5.98. The number of nitrogens with one attached hydrogen (secondary N) is 1. The zero-order chi connectivity index (χ0) is 12.8. The van der Waals surface area contributed by atoms with Gasteiger partial charge in [-0.1, -0.05) is 23.4 Å². The van der Waals surface area contributed by atoms with Crippen LogP contribution in [-0.2, 0) is 0 Å². The van der Waals surface area contributed by atoms with Gasteiger partial charge in [-0.15, -0.1) is 12.4 Å². The Hall–Kier alpha value is -2.40. The first-order chi connectivity index (χ1) is 9.31. The third-order valence-corrected chi connectivity index (χ3v) is 3.09.